The number of hydrogen-bond acceptors (Lipinski definition) is 1. The van der Waals surface area contributed by atoms with Gasteiger partial charge in [-0.3, -0.25) is 4.79 Å². The Hall–Kier alpha value is -1.28. The highest BCUT2D eigenvalue weighted by Gasteiger charge is 2.21. The molecule has 1 aromatic carbocycles. The van der Waals surface area contributed by atoms with Crippen LogP contribution in [0.5, 0.6) is 0 Å². The lowest BCUT2D eigenvalue weighted by molar-refractivity contribution is -0.123. The van der Waals surface area contributed by atoms with Gasteiger partial charge in [-0.2, -0.15) is 0 Å². The predicted octanol–water partition coefficient (Wildman–Crippen LogP) is 2.98. The normalized spacial score (nSPS) is 15.2. The van der Waals surface area contributed by atoms with Crippen LogP contribution >= 0.6 is 11.6 Å². The van der Waals surface area contributed by atoms with E-state index in [2.05, 4.69) is 6.58 Å². The molecular weight excluding hydrogens is 222 g/mol. The molecule has 0 bridgehead atoms. The van der Waals surface area contributed by atoms with Gasteiger partial charge in [0.15, 0.2) is 0 Å². The minimum atomic E-state index is 0.00519. The number of carbonyl (C=O) groups excluding carboxylic acids is 1. The quantitative estimate of drug-likeness (QED) is 0.722. The maximum atomic E-state index is 12.1. The number of halogens is 1. The minimum Gasteiger partial charge on any atom is -0.339 e. The average Bonchev–Trinajstić information content (AvgIpc) is 2.81. The first-order valence-electron chi connectivity index (χ1n) is 5.43. The van der Waals surface area contributed by atoms with E-state index in [4.69, 9.17) is 11.6 Å². The first-order valence-corrected chi connectivity index (χ1v) is 5.81. The third-order valence-electron chi connectivity index (χ3n) is 2.85. The Bertz CT molecular complexity index is 422. The van der Waals surface area contributed by atoms with Crippen molar-refractivity contribution in [3.8, 4) is 0 Å². The molecule has 1 saturated heterocycles. The molecule has 0 aromatic heterocycles. The largest absolute Gasteiger partial charge is 0.339 e. The van der Waals surface area contributed by atoms with Crippen LogP contribution in [-0.2, 0) is 4.79 Å². The summed E-state index contributed by atoms with van der Waals surface area (Å²) in [5.74, 6) is 0.00519. The smallest absolute Gasteiger partial charge is 0.253 e. The summed E-state index contributed by atoms with van der Waals surface area (Å²) in [5.41, 5.74) is 1.23. The number of rotatable bonds is 2. The summed E-state index contributed by atoms with van der Waals surface area (Å²) in [7, 11) is 0. The van der Waals surface area contributed by atoms with Crippen molar-refractivity contribution < 1.29 is 4.79 Å². The van der Waals surface area contributed by atoms with Crippen molar-refractivity contribution >= 4 is 23.1 Å². The summed E-state index contributed by atoms with van der Waals surface area (Å²) in [6, 6.07) is 7.32. The Morgan fingerprint density at radius 2 is 1.88 bits per heavy atom. The van der Waals surface area contributed by atoms with E-state index in [1.165, 1.54) is 0 Å². The van der Waals surface area contributed by atoms with E-state index < -0.39 is 0 Å². The van der Waals surface area contributed by atoms with Crippen LogP contribution in [-0.4, -0.2) is 23.9 Å². The third-order valence-corrected chi connectivity index (χ3v) is 3.18. The molecule has 1 heterocycles. The fourth-order valence-electron chi connectivity index (χ4n) is 1.93. The van der Waals surface area contributed by atoms with Crippen molar-refractivity contribution in [1.29, 1.82) is 0 Å². The van der Waals surface area contributed by atoms with Gasteiger partial charge >= 0.3 is 0 Å². The van der Waals surface area contributed by atoms with Crippen LogP contribution in [0.3, 0.4) is 0 Å². The lowest BCUT2D eigenvalue weighted by Crippen LogP contribution is -2.28. The summed E-state index contributed by atoms with van der Waals surface area (Å²) >= 11 is 6.04. The molecule has 0 spiro atoms. The highest BCUT2D eigenvalue weighted by Crippen LogP contribution is 2.25. The second kappa shape index (κ2) is 4.71. The van der Waals surface area contributed by atoms with Gasteiger partial charge in [-0.1, -0.05) is 36.4 Å². The van der Waals surface area contributed by atoms with Gasteiger partial charge in [0.25, 0.3) is 5.91 Å². The van der Waals surface area contributed by atoms with Gasteiger partial charge in [-0.25, -0.2) is 0 Å². The fourth-order valence-corrected chi connectivity index (χ4v) is 2.18. The minimum absolute atomic E-state index is 0.00519. The molecule has 0 saturated carbocycles. The Morgan fingerprint density at radius 3 is 2.50 bits per heavy atom. The van der Waals surface area contributed by atoms with Crippen LogP contribution in [0, 0.1) is 0 Å². The summed E-state index contributed by atoms with van der Waals surface area (Å²) in [4.78, 5) is 13.9. The molecule has 0 N–H and O–H groups in total. The van der Waals surface area contributed by atoms with Crippen molar-refractivity contribution in [3.63, 3.8) is 0 Å². The Balaban J connectivity index is 2.19. The van der Waals surface area contributed by atoms with E-state index >= 15 is 0 Å². The molecule has 1 aliphatic rings. The molecule has 0 atom stereocenters. The lowest BCUT2D eigenvalue weighted by atomic mass is 10.1. The van der Waals surface area contributed by atoms with Gasteiger partial charge in [0.2, 0.25) is 0 Å². The molecule has 3 heteroatoms. The fraction of sp³-hybridized carbons (Fsp3) is 0.308. The molecule has 1 aromatic rings. The number of amides is 1. The van der Waals surface area contributed by atoms with E-state index in [-0.39, 0.29) is 5.91 Å². The summed E-state index contributed by atoms with van der Waals surface area (Å²) in [6.45, 7) is 5.53. The van der Waals surface area contributed by atoms with E-state index in [9.17, 15) is 4.79 Å². The molecule has 2 rings (SSSR count). The van der Waals surface area contributed by atoms with Gasteiger partial charge in [-0.15, -0.1) is 0 Å². The number of nitrogens with zero attached hydrogens (tertiary/aromatic N) is 1. The molecule has 1 amide bonds. The summed E-state index contributed by atoms with van der Waals surface area (Å²) in [5, 5.41) is 0.583. The van der Waals surface area contributed by atoms with Crippen molar-refractivity contribution in [2.45, 2.75) is 12.8 Å². The van der Waals surface area contributed by atoms with Crippen LogP contribution in [0.4, 0.5) is 0 Å². The van der Waals surface area contributed by atoms with E-state index in [1.54, 1.807) is 6.07 Å². The zero-order chi connectivity index (χ0) is 11.5. The second-order valence-corrected chi connectivity index (χ2v) is 4.36. The first-order chi connectivity index (χ1) is 7.70. The van der Waals surface area contributed by atoms with Gasteiger partial charge in [0, 0.05) is 29.2 Å². The van der Waals surface area contributed by atoms with Gasteiger partial charge < -0.3 is 4.90 Å². The van der Waals surface area contributed by atoms with E-state index in [0.29, 0.717) is 10.6 Å². The average molecular weight is 236 g/mol. The Labute approximate surface area is 101 Å². The molecule has 16 heavy (non-hydrogen) atoms. The van der Waals surface area contributed by atoms with Crippen molar-refractivity contribution in [2.24, 2.45) is 0 Å². The molecule has 0 radical (unpaired) electrons. The standard InChI is InChI=1S/C13H14ClNO/c1-10(11-6-2-3-7-12(11)14)13(16)15-8-4-5-9-15/h2-3,6-7H,1,4-5,8-9H2. The van der Waals surface area contributed by atoms with Crippen LogP contribution < -0.4 is 0 Å². The molecule has 0 unspecified atom stereocenters. The van der Waals surface area contributed by atoms with Crippen molar-refractivity contribution in [3.05, 3.63) is 41.4 Å². The molecule has 0 aliphatic carbocycles. The van der Waals surface area contributed by atoms with Gasteiger partial charge in [0.1, 0.15) is 0 Å². The Kier molecular flexibility index (Phi) is 3.30. The van der Waals surface area contributed by atoms with E-state index in [1.807, 2.05) is 23.1 Å². The predicted molar refractivity (Wildman–Crippen MR) is 66.3 cm³/mol. The van der Waals surface area contributed by atoms with Crippen LogP contribution in [0.15, 0.2) is 30.8 Å². The monoisotopic (exact) mass is 235 g/mol. The van der Waals surface area contributed by atoms with Crippen LogP contribution in [0.25, 0.3) is 5.57 Å². The highest BCUT2D eigenvalue weighted by atomic mass is 35.5. The van der Waals surface area contributed by atoms with E-state index in [0.717, 1.165) is 31.5 Å². The molecule has 2 nitrogen and oxygen atoms in total. The lowest BCUT2D eigenvalue weighted by Gasteiger charge is -2.17. The molecule has 84 valence electrons. The van der Waals surface area contributed by atoms with Crippen molar-refractivity contribution in [2.75, 3.05) is 13.1 Å². The molecule has 1 aliphatic heterocycles. The number of carbonyl (C=O) groups is 1. The second-order valence-electron chi connectivity index (χ2n) is 3.96. The molecule has 1 fully saturated rings. The number of likely N-dealkylation sites (tertiary alicyclic amines) is 1. The Morgan fingerprint density at radius 1 is 1.25 bits per heavy atom. The maximum absolute atomic E-state index is 12.1. The van der Waals surface area contributed by atoms with Gasteiger partial charge in [-0.05, 0) is 18.9 Å². The number of hydrogen-bond donors (Lipinski definition) is 0. The van der Waals surface area contributed by atoms with Gasteiger partial charge in [0.05, 0.1) is 0 Å². The SMILES string of the molecule is C=C(C(=O)N1CCCC1)c1ccccc1Cl. The first kappa shape index (κ1) is 11.2. The maximum Gasteiger partial charge on any atom is 0.253 e. The summed E-state index contributed by atoms with van der Waals surface area (Å²) < 4.78 is 0. The zero-order valence-corrected chi connectivity index (χ0v) is 9.83. The van der Waals surface area contributed by atoms with Crippen molar-refractivity contribution in [1.82, 2.24) is 4.90 Å². The third kappa shape index (κ3) is 2.12. The molecular formula is C13H14ClNO. The van der Waals surface area contributed by atoms with Crippen LogP contribution in [0.1, 0.15) is 18.4 Å². The topological polar surface area (TPSA) is 20.3 Å². The highest BCUT2D eigenvalue weighted by molar-refractivity contribution is 6.34. The van der Waals surface area contributed by atoms with Crippen LogP contribution in [0.2, 0.25) is 5.02 Å². The summed E-state index contributed by atoms with van der Waals surface area (Å²) in [6.07, 6.45) is 2.17. The number of benzene rings is 1. The zero-order valence-electron chi connectivity index (χ0n) is 9.08.